The first-order valence-corrected chi connectivity index (χ1v) is 8.87. The maximum atomic E-state index is 12.2. The summed E-state index contributed by atoms with van der Waals surface area (Å²) in [6.07, 6.45) is 1.83. The van der Waals surface area contributed by atoms with Gasteiger partial charge in [-0.05, 0) is 31.0 Å². The molecule has 1 atom stereocenters. The van der Waals surface area contributed by atoms with Crippen molar-refractivity contribution in [3.05, 3.63) is 28.2 Å². The van der Waals surface area contributed by atoms with Gasteiger partial charge >= 0.3 is 0 Å². The quantitative estimate of drug-likeness (QED) is 0.813. The molecule has 1 aromatic carbocycles. The van der Waals surface area contributed by atoms with Gasteiger partial charge in [-0.1, -0.05) is 11.6 Å². The van der Waals surface area contributed by atoms with Gasteiger partial charge in [-0.15, -0.1) is 36.2 Å². The van der Waals surface area contributed by atoms with Crippen molar-refractivity contribution in [2.75, 3.05) is 26.8 Å². The van der Waals surface area contributed by atoms with Crippen LogP contribution >= 0.6 is 47.8 Å². The van der Waals surface area contributed by atoms with Crippen molar-refractivity contribution >= 4 is 63.9 Å². The molecule has 0 bridgehead atoms. The van der Waals surface area contributed by atoms with Gasteiger partial charge in [0.15, 0.2) is 0 Å². The van der Waals surface area contributed by atoms with Crippen LogP contribution in [0.2, 0.25) is 5.02 Å². The Labute approximate surface area is 168 Å². The second-order valence-electron chi connectivity index (χ2n) is 5.83. The minimum atomic E-state index is -0.568. The minimum Gasteiger partial charge on any atom is -0.383 e. The van der Waals surface area contributed by atoms with Gasteiger partial charge in [-0.3, -0.25) is 4.79 Å². The zero-order valence-electron chi connectivity index (χ0n) is 13.8. The van der Waals surface area contributed by atoms with E-state index in [1.165, 1.54) is 0 Å². The summed E-state index contributed by atoms with van der Waals surface area (Å²) < 4.78 is 6.12. The molecule has 9 heteroatoms. The molecule has 1 fully saturated rings. The lowest BCUT2D eigenvalue weighted by molar-refractivity contribution is -0.134. The summed E-state index contributed by atoms with van der Waals surface area (Å²) in [7, 11) is 1.55. The highest BCUT2D eigenvalue weighted by molar-refractivity contribution is 7.18. The van der Waals surface area contributed by atoms with Crippen LogP contribution in [0.15, 0.2) is 18.2 Å². The molecule has 0 radical (unpaired) electrons. The van der Waals surface area contributed by atoms with E-state index in [0.29, 0.717) is 10.9 Å². The summed E-state index contributed by atoms with van der Waals surface area (Å²) in [5.41, 5.74) is 6.79. The predicted octanol–water partition coefficient (Wildman–Crippen LogP) is 3.47. The van der Waals surface area contributed by atoms with E-state index in [1.807, 2.05) is 23.1 Å². The highest BCUT2D eigenvalue weighted by Gasteiger charge is 2.28. The van der Waals surface area contributed by atoms with Crippen LogP contribution in [0, 0.1) is 0 Å². The van der Waals surface area contributed by atoms with E-state index in [1.54, 1.807) is 18.4 Å². The molecule has 25 heavy (non-hydrogen) atoms. The van der Waals surface area contributed by atoms with Crippen LogP contribution in [0.4, 0.5) is 0 Å². The average molecular weight is 427 g/mol. The maximum Gasteiger partial charge on any atom is 0.241 e. The third-order valence-corrected chi connectivity index (χ3v) is 5.62. The van der Waals surface area contributed by atoms with E-state index in [2.05, 4.69) is 0 Å². The molecule has 1 saturated heterocycles. The molecule has 2 N–H and O–H groups in total. The Bertz CT molecular complexity index is 705. The number of piperidine rings is 1. The van der Waals surface area contributed by atoms with Crippen LogP contribution in [-0.4, -0.2) is 48.6 Å². The molecule has 1 amide bonds. The van der Waals surface area contributed by atoms with Crippen LogP contribution in [0.5, 0.6) is 0 Å². The number of hydrogen-bond acceptors (Lipinski definition) is 5. The third kappa shape index (κ3) is 5.18. The smallest absolute Gasteiger partial charge is 0.241 e. The van der Waals surface area contributed by atoms with Gasteiger partial charge in [-0.25, -0.2) is 4.98 Å². The Morgan fingerprint density at radius 1 is 1.44 bits per heavy atom. The molecule has 1 aliphatic rings. The van der Waals surface area contributed by atoms with Crippen LogP contribution in [-0.2, 0) is 9.53 Å². The molecule has 2 heterocycles. The fraction of sp³-hybridized carbons (Fsp3) is 0.500. The normalized spacial score (nSPS) is 16.2. The second-order valence-corrected chi connectivity index (χ2v) is 7.32. The van der Waals surface area contributed by atoms with Crippen molar-refractivity contribution < 1.29 is 9.53 Å². The van der Waals surface area contributed by atoms with Gasteiger partial charge in [-0.2, -0.15) is 0 Å². The highest BCUT2D eigenvalue weighted by Crippen LogP contribution is 2.34. The summed E-state index contributed by atoms with van der Waals surface area (Å²) in [5, 5.41) is 1.84. The molecule has 1 aromatic heterocycles. The topological polar surface area (TPSA) is 68.5 Å². The highest BCUT2D eigenvalue weighted by atomic mass is 35.5. The van der Waals surface area contributed by atoms with E-state index in [-0.39, 0.29) is 37.3 Å². The van der Waals surface area contributed by atoms with Crippen LogP contribution < -0.4 is 5.73 Å². The number of ether oxygens (including phenoxy) is 1. The summed E-state index contributed by atoms with van der Waals surface area (Å²) in [4.78, 5) is 18.8. The number of hydrogen-bond donors (Lipinski definition) is 1. The number of carbonyl (C=O) groups excluding carboxylic acids is 1. The number of benzene rings is 1. The zero-order valence-corrected chi connectivity index (χ0v) is 17.0. The minimum absolute atomic E-state index is 0. The maximum absolute atomic E-state index is 12.2. The van der Waals surface area contributed by atoms with Gasteiger partial charge in [0.1, 0.15) is 6.04 Å². The fourth-order valence-corrected chi connectivity index (χ4v) is 4.21. The predicted molar refractivity (Wildman–Crippen MR) is 108 cm³/mol. The molecule has 0 aliphatic carbocycles. The van der Waals surface area contributed by atoms with Crippen LogP contribution in [0.3, 0.4) is 0 Å². The third-order valence-electron chi connectivity index (χ3n) is 4.19. The number of thiazole rings is 1. The molecular formula is C16H22Cl3N3O2S. The van der Waals surface area contributed by atoms with Gasteiger partial charge in [0, 0.05) is 31.1 Å². The summed E-state index contributed by atoms with van der Waals surface area (Å²) in [6.45, 7) is 1.70. The summed E-state index contributed by atoms with van der Waals surface area (Å²) >= 11 is 7.74. The van der Waals surface area contributed by atoms with Gasteiger partial charge < -0.3 is 15.4 Å². The largest absolute Gasteiger partial charge is 0.383 e. The number of nitrogens with two attached hydrogens (primary N) is 1. The number of carbonyl (C=O) groups is 1. The van der Waals surface area contributed by atoms with Crippen molar-refractivity contribution in [3.8, 4) is 0 Å². The second kappa shape index (κ2) is 9.90. The molecule has 5 nitrogen and oxygen atoms in total. The van der Waals surface area contributed by atoms with Crippen molar-refractivity contribution in [3.63, 3.8) is 0 Å². The molecular weight excluding hydrogens is 405 g/mol. The van der Waals surface area contributed by atoms with E-state index in [9.17, 15) is 4.79 Å². The molecule has 3 rings (SSSR count). The summed E-state index contributed by atoms with van der Waals surface area (Å²) in [6, 6.07) is 5.24. The Kier molecular flexibility index (Phi) is 8.87. The lowest BCUT2D eigenvalue weighted by Crippen LogP contribution is -2.48. The number of amides is 1. The number of methoxy groups -OCH3 is 1. The monoisotopic (exact) mass is 425 g/mol. The SMILES string of the molecule is COCC(N)C(=O)N1CCC(c2nc3cc(Cl)ccc3s2)CC1.Cl.Cl. The van der Waals surface area contributed by atoms with Crippen LogP contribution in [0.25, 0.3) is 10.2 Å². The Balaban J connectivity index is 0.00000156. The van der Waals surface area contributed by atoms with Crippen molar-refractivity contribution in [1.29, 1.82) is 0 Å². The molecule has 1 unspecified atom stereocenters. The first-order valence-electron chi connectivity index (χ1n) is 7.68. The van der Waals surface area contributed by atoms with Crippen molar-refractivity contribution in [2.45, 2.75) is 24.8 Å². The van der Waals surface area contributed by atoms with E-state index < -0.39 is 6.04 Å². The van der Waals surface area contributed by atoms with Crippen molar-refractivity contribution in [1.82, 2.24) is 9.88 Å². The Morgan fingerprint density at radius 2 is 2.12 bits per heavy atom. The molecule has 0 saturated carbocycles. The Hall–Kier alpha value is -0.630. The van der Waals surface area contributed by atoms with E-state index >= 15 is 0 Å². The summed E-state index contributed by atoms with van der Waals surface area (Å²) in [5.74, 6) is 0.371. The van der Waals surface area contributed by atoms with Crippen LogP contribution in [0.1, 0.15) is 23.8 Å². The van der Waals surface area contributed by atoms with E-state index in [0.717, 1.165) is 41.2 Å². The van der Waals surface area contributed by atoms with Gasteiger partial charge in [0.25, 0.3) is 0 Å². The average Bonchev–Trinajstić information content (AvgIpc) is 2.97. The molecule has 140 valence electrons. The van der Waals surface area contributed by atoms with E-state index in [4.69, 9.17) is 27.1 Å². The zero-order chi connectivity index (χ0) is 16.4. The standard InChI is InChI=1S/C16H20ClN3O2S.2ClH/c1-22-9-12(18)16(21)20-6-4-10(5-7-20)15-19-13-8-11(17)2-3-14(13)23-15;;/h2-3,8,10,12H,4-7,9,18H2,1H3;2*1H. The number of fused-ring (bicyclic) bond motifs is 1. The number of likely N-dealkylation sites (tertiary alicyclic amines) is 1. The number of nitrogens with zero attached hydrogens (tertiary/aromatic N) is 2. The van der Waals surface area contributed by atoms with Gasteiger partial charge in [0.05, 0.1) is 21.8 Å². The van der Waals surface area contributed by atoms with Crippen molar-refractivity contribution in [2.24, 2.45) is 5.73 Å². The first-order chi connectivity index (χ1) is 11.1. The molecule has 1 aliphatic heterocycles. The number of halogens is 3. The molecule has 2 aromatic rings. The molecule has 0 spiro atoms. The van der Waals surface area contributed by atoms with Gasteiger partial charge in [0.2, 0.25) is 5.91 Å². The Morgan fingerprint density at radius 3 is 2.76 bits per heavy atom. The lowest BCUT2D eigenvalue weighted by atomic mass is 9.97. The number of aromatic nitrogens is 1. The number of rotatable bonds is 4. The fourth-order valence-electron chi connectivity index (χ4n) is 2.93. The first kappa shape index (κ1) is 22.4. The lowest BCUT2D eigenvalue weighted by Gasteiger charge is -2.32.